The summed E-state index contributed by atoms with van der Waals surface area (Å²) in [5, 5.41) is 19.8. The largest absolute Gasteiger partial charge is 0.372 e. The summed E-state index contributed by atoms with van der Waals surface area (Å²) in [5.74, 6) is 0. The molecule has 0 bridgehead atoms. The van der Waals surface area contributed by atoms with Crippen LogP contribution in [0.4, 0.5) is 16.4 Å². The number of nitrogens with zero attached hydrogens (tertiary/aromatic N) is 5. The average Bonchev–Trinajstić information content (AvgIpc) is 3.18. The van der Waals surface area contributed by atoms with Gasteiger partial charge in [-0.1, -0.05) is 41.2 Å². The fourth-order valence-corrected chi connectivity index (χ4v) is 4.41. The van der Waals surface area contributed by atoms with Gasteiger partial charge in [0.1, 0.15) is 11.1 Å². The van der Waals surface area contributed by atoms with Crippen LogP contribution in [0.5, 0.6) is 0 Å². The van der Waals surface area contributed by atoms with Gasteiger partial charge in [0.15, 0.2) is 5.00 Å². The molecule has 1 aliphatic heterocycles. The molecule has 0 radical (unpaired) electrons. The van der Waals surface area contributed by atoms with Gasteiger partial charge in [-0.2, -0.15) is 5.26 Å². The molecule has 0 amide bonds. The van der Waals surface area contributed by atoms with Crippen LogP contribution in [-0.2, 0) is 0 Å². The minimum Gasteiger partial charge on any atom is -0.372 e. The number of piperidine rings is 1. The van der Waals surface area contributed by atoms with Crippen LogP contribution in [0.25, 0.3) is 11.6 Å². The maximum Gasteiger partial charge on any atom is 0.162 e. The second-order valence-corrected chi connectivity index (χ2v) is 8.73. The molecule has 0 unspecified atom stereocenters. The molecule has 0 spiro atoms. The van der Waals surface area contributed by atoms with Crippen LogP contribution in [0.3, 0.4) is 0 Å². The van der Waals surface area contributed by atoms with Gasteiger partial charge in [0.25, 0.3) is 0 Å². The van der Waals surface area contributed by atoms with E-state index in [2.05, 4.69) is 50.4 Å². The molecule has 0 N–H and O–H groups in total. The molecule has 3 aromatic rings. The van der Waals surface area contributed by atoms with Crippen molar-refractivity contribution in [2.75, 3.05) is 18.0 Å². The molecule has 1 aliphatic rings. The molecular weight excluding hydrogens is 402 g/mol. The molecular formula is C25H25N5S. The van der Waals surface area contributed by atoms with Crippen molar-refractivity contribution < 1.29 is 0 Å². The average molecular weight is 428 g/mol. The summed E-state index contributed by atoms with van der Waals surface area (Å²) in [6.45, 7) is 6.18. The van der Waals surface area contributed by atoms with E-state index in [1.165, 1.54) is 41.9 Å². The van der Waals surface area contributed by atoms with E-state index in [-0.39, 0.29) is 0 Å². The lowest BCUT2D eigenvalue weighted by Crippen LogP contribution is -2.29. The number of aromatic nitrogens is 1. The van der Waals surface area contributed by atoms with Gasteiger partial charge in [-0.05, 0) is 69.0 Å². The Morgan fingerprint density at radius 1 is 1.00 bits per heavy atom. The molecule has 0 atom stereocenters. The number of azo groups is 1. The summed E-state index contributed by atoms with van der Waals surface area (Å²) in [6, 6.07) is 18.6. The van der Waals surface area contributed by atoms with Gasteiger partial charge in [0.2, 0.25) is 0 Å². The first-order chi connectivity index (χ1) is 15.1. The molecule has 156 valence electrons. The van der Waals surface area contributed by atoms with E-state index in [0.29, 0.717) is 10.6 Å². The molecule has 2 aromatic carbocycles. The normalized spacial score (nSPS) is 14.7. The number of hydrogen-bond acceptors (Lipinski definition) is 6. The standard InChI is InChI=1S/C25H25N5S/c1-18-6-10-22(11-7-18)28-29-24-19(2)27-25(31-24)21(17-26)16-20-8-12-23(13-9-20)30-14-4-3-5-15-30/h6-13,16H,3-5,14-15H2,1-2H3. The summed E-state index contributed by atoms with van der Waals surface area (Å²) in [7, 11) is 0. The van der Waals surface area contributed by atoms with Crippen molar-refractivity contribution in [3.05, 3.63) is 70.4 Å². The first-order valence-corrected chi connectivity index (χ1v) is 11.4. The highest BCUT2D eigenvalue weighted by Crippen LogP contribution is 2.33. The Hall–Kier alpha value is -3.30. The quantitative estimate of drug-likeness (QED) is 0.319. The van der Waals surface area contributed by atoms with Gasteiger partial charge >= 0.3 is 0 Å². The first kappa shape index (κ1) is 21.0. The van der Waals surface area contributed by atoms with Gasteiger partial charge in [0, 0.05) is 18.8 Å². The second-order valence-electron chi connectivity index (χ2n) is 7.75. The third kappa shape index (κ3) is 5.25. The summed E-state index contributed by atoms with van der Waals surface area (Å²) in [5.41, 5.74) is 5.54. The molecule has 5 nitrogen and oxygen atoms in total. The van der Waals surface area contributed by atoms with Crippen molar-refractivity contribution in [3.63, 3.8) is 0 Å². The van der Waals surface area contributed by atoms with E-state index in [0.717, 1.165) is 35.0 Å². The van der Waals surface area contributed by atoms with E-state index in [9.17, 15) is 5.26 Å². The molecule has 0 aliphatic carbocycles. The third-order valence-electron chi connectivity index (χ3n) is 5.34. The van der Waals surface area contributed by atoms with Gasteiger partial charge in [-0.25, -0.2) is 4.98 Å². The van der Waals surface area contributed by atoms with Crippen molar-refractivity contribution >= 4 is 39.4 Å². The Morgan fingerprint density at radius 2 is 1.71 bits per heavy atom. The maximum atomic E-state index is 9.72. The van der Waals surface area contributed by atoms with Gasteiger partial charge < -0.3 is 4.90 Å². The van der Waals surface area contributed by atoms with E-state index in [4.69, 9.17) is 0 Å². The smallest absolute Gasteiger partial charge is 0.162 e. The number of thiazole rings is 1. The van der Waals surface area contributed by atoms with Crippen molar-refractivity contribution in [2.45, 2.75) is 33.1 Å². The fourth-order valence-electron chi connectivity index (χ4n) is 3.55. The van der Waals surface area contributed by atoms with Crippen LogP contribution in [0, 0.1) is 25.2 Å². The van der Waals surface area contributed by atoms with E-state index >= 15 is 0 Å². The van der Waals surface area contributed by atoms with E-state index < -0.39 is 0 Å². The molecule has 4 rings (SSSR count). The molecule has 1 aromatic heterocycles. The van der Waals surface area contributed by atoms with E-state index in [1.807, 2.05) is 44.2 Å². The number of allylic oxidation sites excluding steroid dienone is 1. The second kappa shape index (κ2) is 9.67. The Morgan fingerprint density at radius 3 is 2.39 bits per heavy atom. The van der Waals surface area contributed by atoms with Gasteiger partial charge in [0.05, 0.1) is 17.0 Å². The zero-order valence-electron chi connectivity index (χ0n) is 17.9. The lowest BCUT2D eigenvalue weighted by molar-refractivity contribution is 0.578. The van der Waals surface area contributed by atoms with Crippen LogP contribution in [0.1, 0.15) is 41.1 Å². The molecule has 6 heteroatoms. The van der Waals surface area contributed by atoms with Crippen LogP contribution < -0.4 is 4.90 Å². The number of aryl methyl sites for hydroxylation is 2. The zero-order chi connectivity index (χ0) is 21.6. The highest BCUT2D eigenvalue weighted by Gasteiger charge is 2.13. The molecule has 2 heterocycles. The zero-order valence-corrected chi connectivity index (χ0v) is 18.7. The Bertz CT molecular complexity index is 1130. The highest BCUT2D eigenvalue weighted by molar-refractivity contribution is 7.16. The SMILES string of the molecule is Cc1ccc(N=Nc2sc(C(C#N)=Cc3ccc(N4CCCCC4)cc3)nc2C)cc1. The predicted octanol–water partition coefficient (Wildman–Crippen LogP) is 7.23. The van der Waals surface area contributed by atoms with E-state index in [1.54, 1.807) is 0 Å². The summed E-state index contributed by atoms with van der Waals surface area (Å²) >= 11 is 1.39. The van der Waals surface area contributed by atoms with Crippen LogP contribution >= 0.6 is 11.3 Å². The van der Waals surface area contributed by atoms with Gasteiger partial charge in [-0.3, -0.25) is 0 Å². The minimum atomic E-state index is 0.538. The van der Waals surface area contributed by atoms with Crippen molar-refractivity contribution in [1.29, 1.82) is 5.26 Å². The van der Waals surface area contributed by atoms with Crippen LogP contribution in [0.15, 0.2) is 58.8 Å². The lowest BCUT2D eigenvalue weighted by Gasteiger charge is -2.28. The molecule has 0 saturated carbocycles. The Labute approximate surface area is 187 Å². The lowest BCUT2D eigenvalue weighted by atomic mass is 10.1. The summed E-state index contributed by atoms with van der Waals surface area (Å²) < 4.78 is 0. The first-order valence-electron chi connectivity index (χ1n) is 10.6. The monoisotopic (exact) mass is 427 g/mol. The Balaban J connectivity index is 1.52. The van der Waals surface area contributed by atoms with Crippen LogP contribution in [0.2, 0.25) is 0 Å². The number of rotatable bonds is 5. The van der Waals surface area contributed by atoms with Crippen LogP contribution in [-0.4, -0.2) is 18.1 Å². The number of hydrogen-bond donors (Lipinski definition) is 0. The molecule has 31 heavy (non-hydrogen) atoms. The number of benzene rings is 2. The predicted molar refractivity (Wildman–Crippen MR) is 128 cm³/mol. The van der Waals surface area contributed by atoms with Crippen molar-refractivity contribution in [3.8, 4) is 6.07 Å². The fraction of sp³-hybridized carbons (Fsp3) is 0.280. The molecule has 1 fully saturated rings. The topological polar surface area (TPSA) is 64.6 Å². The van der Waals surface area contributed by atoms with Gasteiger partial charge in [-0.15, -0.1) is 10.2 Å². The summed E-state index contributed by atoms with van der Waals surface area (Å²) in [6.07, 6.45) is 5.72. The molecule has 1 saturated heterocycles. The van der Waals surface area contributed by atoms with Crippen molar-refractivity contribution in [1.82, 2.24) is 4.98 Å². The highest BCUT2D eigenvalue weighted by atomic mass is 32.1. The maximum absolute atomic E-state index is 9.72. The Kier molecular flexibility index (Phi) is 6.54. The summed E-state index contributed by atoms with van der Waals surface area (Å²) in [4.78, 5) is 6.99. The number of nitriles is 1. The third-order valence-corrected chi connectivity index (χ3v) is 6.41. The van der Waals surface area contributed by atoms with Crippen molar-refractivity contribution in [2.24, 2.45) is 10.2 Å². The number of anilines is 1. The minimum absolute atomic E-state index is 0.538.